The molecule has 0 N–H and O–H groups in total. The van der Waals surface area contributed by atoms with Crippen molar-refractivity contribution in [2.45, 2.75) is 0 Å². The van der Waals surface area contributed by atoms with Gasteiger partial charge in [0.2, 0.25) is 0 Å². The summed E-state index contributed by atoms with van der Waals surface area (Å²) in [5.41, 5.74) is 3.21. The molecular weight excluding hydrogens is 246 g/mol. The summed E-state index contributed by atoms with van der Waals surface area (Å²) in [7, 11) is 0. The number of anilines is 3. The molecule has 1 heterocycles. The first-order chi connectivity index (χ1) is 9.93. The highest BCUT2D eigenvalue weighted by Crippen LogP contribution is 2.49. The predicted octanol–water partition coefficient (Wildman–Crippen LogP) is 5.06. The van der Waals surface area contributed by atoms with Gasteiger partial charge in [-0.05, 0) is 42.5 Å². The Morgan fingerprint density at radius 3 is 2.40 bits per heavy atom. The van der Waals surface area contributed by atoms with Crippen LogP contribution in [0.3, 0.4) is 0 Å². The van der Waals surface area contributed by atoms with Gasteiger partial charge >= 0.3 is 0 Å². The zero-order valence-corrected chi connectivity index (χ0v) is 10.8. The molecule has 0 unspecified atom stereocenters. The van der Waals surface area contributed by atoms with E-state index in [0.29, 0.717) is 0 Å². The largest absolute Gasteiger partial charge is 0.453 e. The van der Waals surface area contributed by atoms with Crippen LogP contribution >= 0.6 is 0 Å². The molecule has 0 aliphatic carbocycles. The van der Waals surface area contributed by atoms with Crippen LogP contribution in [0, 0.1) is 6.07 Å². The summed E-state index contributed by atoms with van der Waals surface area (Å²) >= 11 is 0. The summed E-state index contributed by atoms with van der Waals surface area (Å²) < 4.78 is 5.96. The van der Waals surface area contributed by atoms with Crippen LogP contribution in [0.15, 0.2) is 72.8 Å². The maximum absolute atomic E-state index is 5.96. The normalized spacial score (nSPS) is 12.3. The number of rotatable bonds is 1. The van der Waals surface area contributed by atoms with Crippen LogP contribution in [0.25, 0.3) is 0 Å². The Balaban J connectivity index is 1.98. The van der Waals surface area contributed by atoms with Gasteiger partial charge in [0.15, 0.2) is 11.5 Å². The fourth-order valence-electron chi connectivity index (χ4n) is 2.51. The van der Waals surface area contributed by atoms with E-state index in [1.54, 1.807) is 0 Å². The number of nitrogens with zero attached hydrogens (tertiary/aromatic N) is 1. The molecule has 2 heteroatoms. The van der Waals surface area contributed by atoms with Crippen LogP contribution in [0.5, 0.6) is 11.5 Å². The van der Waals surface area contributed by atoms with Crippen molar-refractivity contribution in [1.29, 1.82) is 0 Å². The van der Waals surface area contributed by atoms with Gasteiger partial charge in [0.1, 0.15) is 0 Å². The first-order valence-corrected chi connectivity index (χ1v) is 6.56. The third kappa shape index (κ3) is 1.66. The van der Waals surface area contributed by atoms with Gasteiger partial charge in [-0.25, -0.2) is 0 Å². The summed E-state index contributed by atoms with van der Waals surface area (Å²) in [4.78, 5) is 2.21. The second-order valence-corrected chi connectivity index (χ2v) is 4.63. The molecule has 0 atom stereocenters. The number of benzene rings is 3. The van der Waals surface area contributed by atoms with Crippen molar-refractivity contribution < 1.29 is 4.74 Å². The van der Waals surface area contributed by atoms with Crippen LogP contribution < -0.4 is 9.64 Å². The maximum atomic E-state index is 5.96. The van der Waals surface area contributed by atoms with E-state index in [2.05, 4.69) is 29.2 Å². The monoisotopic (exact) mass is 258 g/mol. The highest BCUT2D eigenvalue weighted by atomic mass is 16.5. The second kappa shape index (κ2) is 4.42. The molecule has 0 bridgehead atoms. The molecule has 1 aliphatic rings. The lowest BCUT2D eigenvalue weighted by atomic mass is 10.1. The number of fused-ring (bicyclic) bond motifs is 2. The average molecular weight is 258 g/mol. The molecule has 1 radical (unpaired) electrons. The van der Waals surface area contributed by atoms with Gasteiger partial charge in [-0.2, -0.15) is 0 Å². The van der Waals surface area contributed by atoms with Gasteiger partial charge in [0.05, 0.1) is 11.4 Å². The molecule has 95 valence electrons. The SMILES string of the molecule is [c]1ccc2c(c1)Oc1ccccc1N2c1ccccc1. The van der Waals surface area contributed by atoms with Gasteiger partial charge in [-0.3, -0.25) is 0 Å². The summed E-state index contributed by atoms with van der Waals surface area (Å²) in [6, 6.07) is 27.3. The zero-order valence-electron chi connectivity index (χ0n) is 10.8. The van der Waals surface area contributed by atoms with Gasteiger partial charge in [-0.1, -0.05) is 36.4 Å². The van der Waals surface area contributed by atoms with Crippen molar-refractivity contribution in [3.8, 4) is 11.5 Å². The molecule has 1 aliphatic heterocycles. The maximum Gasteiger partial charge on any atom is 0.152 e. The lowest BCUT2D eigenvalue weighted by Crippen LogP contribution is -2.15. The minimum absolute atomic E-state index is 0.829. The molecule has 20 heavy (non-hydrogen) atoms. The molecule has 2 nitrogen and oxygen atoms in total. The van der Waals surface area contributed by atoms with E-state index in [-0.39, 0.29) is 0 Å². The molecule has 3 aromatic rings. The third-order valence-electron chi connectivity index (χ3n) is 3.39. The standard InChI is InChI=1S/C18H12NO/c1-2-8-14(9-3-1)19-15-10-4-6-12-17(15)20-18-13-7-5-11-16(18)19/h1-6,8-13H. The van der Waals surface area contributed by atoms with E-state index in [0.717, 1.165) is 28.6 Å². The molecule has 3 aromatic carbocycles. The van der Waals surface area contributed by atoms with E-state index < -0.39 is 0 Å². The summed E-state index contributed by atoms with van der Waals surface area (Å²) in [5.74, 6) is 1.69. The number of ether oxygens (including phenoxy) is 1. The Labute approximate surface area is 117 Å². The molecule has 4 rings (SSSR count). The highest BCUT2D eigenvalue weighted by molar-refractivity contribution is 5.85. The first kappa shape index (κ1) is 11.1. The number of hydrogen-bond donors (Lipinski definition) is 0. The summed E-state index contributed by atoms with van der Waals surface area (Å²) in [5, 5.41) is 0. The molecule has 0 amide bonds. The minimum Gasteiger partial charge on any atom is -0.453 e. The van der Waals surface area contributed by atoms with Crippen LogP contribution in [-0.4, -0.2) is 0 Å². The summed E-state index contributed by atoms with van der Waals surface area (Å²) in [6.07, 6.45) is 0. The highest BCUT2D eigenvalue weighted by Gasteiger charge is 2.24. The average Bonchev–Trinajstić information content (AvgIpc) is 2.53. The van der Waals surface area contributed by atoms with E-state index in [9.17, 15) is 0 Å². The Morgan fingerprint density at radius 1 is 0.750 bits per heavy atom. The van der Waals surface area contributed by atoms with Crippen molar-refractivity contribution in [1.82, 2.24) is 0 Å². The Kier molecular flexibility index (Phi) is 2.46. The van der Waals surface area contributed by atoms with E-state index in [1.807, 2.05) is 54.6 Å². The Morgan fingerprint density at radius 2 is 1.50 bits per heavy atom. The smallest absolute Gasteiger partial charge is 0.152 e. The van der Waals surface area contributed by atoms with Crippen LogP contribution in [0.1, 0.15) is 0 Å². The molecule has 0 fully saturated rings. The predicted molar refractivity (Wildman–Crippen MR) is 80.0 cm³/mol. The van der Waals surface area contributed by atoms with Crippen molar-refractivity contribution in [2.24, 2.45) is 0 Å². The minimum atomic E-state index is 0.829. The fraction of sp³-hybridized carbons (Fsp3) is 0. The first-order valence-electron chi connectivity index (χ1n) is 6.56. The zero-order chi connectivity index (χ0) is 13.4. The molecule has 0 aromatic heterocycles. The van der Waals surface area contributed by atoms with Crippen molar-refractivity contribution >= 4 is 17.1 Å². The quantitative estimate of drug-likeness (QED) is 0.473. The van der Waals surface area contributed by atoms with E-state index >= 15 is 0 Å². The van der Waals surface area contributed by atoms with E-state index in [1.165, 1.54) is 0 Å². The van der Waals surface area contributed by atoms with Crippen LogP contribution in [0.4, 0.5) is 17.1 Å². The number of hydrogen-bond acceptors (Lipinski definition) is 2. The third-order valence-corrected chi connectivity index (χ3v) is 3.39. The Hall–Kier alpha value is -2.74. The number of para-hydroxylation sites is 3. The fourth-order valence-corrected chi connectivity index (χ4v) is 2.51. The van der Waals surface area contributed by atoms with E-state index in [4.69, 9.17) is 4.74 Å². The van der Waals surface area contributed by atoms with Gasteiger partial charge in [-0.15, -0.1) is 0 Å². The van der Waals surface area contributed by atoms with Gasteiger partial charge in [0.25, 0.3) is 0 Å². The van der Waals surface area contributed by atoms with Crippen molar-refractivity contribution in [2.75, 3.05) is 4.90 Å². The topological polar surface area (TPSA) is 12.5 Å². The van der Waals surface area contributed by atoms with Gasteiger partial charge in [0, 0.05) is 5.69 Å². The lowest BCUT2D eigenvalue weighted by molar-refractivity contribution is 0.477. The van der Waals surface area contributed by atoms with Crippen molar-refractivity contribution in [3.63, 3.8) is 0 Å². The Bertz CT molecular complexity index is 707. The molecule has 0 spiro atoms. The second-order valence-electron chi connectivity index (χ2n) is 4.63. The van der Waals surface area contributed by atoms with Crippen LogP contribution in [0.2, 0.25) is 0 Å². The van der Waals surface area contributed by atoms with Crippen molar-refractivity contribution in [3.05, 3.63) is 78.9 Å². The van der Waals surface area contributed by atoms with Gasteiger partial charge < -0.3 is 9.64 Å². The summed E-state index contributed by atoms with van der Waals surface area (Å²) in [6.45, 7) is 0. The molecule has 0 saturated carbocycles. The molecular formula is C18H12NO. The van der Waals surface area contributed by atoms with Crippen LogP contribution in [-0.2, 0) is 0 Å². The molecule has 0 saturated heterocycles. The lowest BCUT2D eigenvalue weighted by Gasteiger charge is -2.32.